The van der Waals surface area contributed by atoms with Gasteiger partial charge in [0.05, 0.1) is 28.8 Å². The monoisotopic (exact) mass is 512 g/mol. The van der Waals surface area contributed by atoms with Gasteiger partial charge in [0.1, 0.15) is 5.75 Å². The third-order valence-electron chi connectivity index (χ3n) is 6.84. The van der Waals surface area contributed by atoms with Gasteiger partial charge >= 0.3 is 0 Å². The van der Waals surface area contributed by atoms with E-state index in [0.29, 0.717) is 52.2 Å². The minimum Gasteiger partial charge on any atom is -0.496 e. The van der Waals surface area contributed by atoms with Gasteiger partial charge in [-0.25, -0.2) is 0 Å². The van der Waals surface area contributed by atoms with E-state index in [1.54, 1.807) is 12.1 Å². The molecule has 0 aliphatic carbocycles. The number of aromatic nitrogens is 1. The number of methoxy groups -OCH3 is 1. The molecule has 2 heterocycles. The molecule has 2 aromatic carbocycles. The van der Waals surface area contributed by atoms with E-state index in [-0.39, 0.29) is 11.7 Å². The van der Waals surface area contributed by atoms with E-state index in [1.165, 1.54) is 7.11 Å². The number of anilines is 1. The molecule has 0 atom stereocenters. The Bertz CT molecular complexity index is 1200. The Morgan fingerprint density at radius 2 is 1.97 bits per heavy atom. The number of nitrogens with one attached hydrogen (secondary N) is 1. The fraction of sp³-hybridized carbons (Fsp3) is 0.444. The number of ether oxygens (including phenoxy) is 1. The quantitative estimate of drug-likeness (QED) is 0.212. The number of rotatable bonds is 11. The summed E-state index contributed by atoms with van der Waals surface area (Å²) >= 11 is 6.08. The number of likely N-dealkylation sites (tertiary alicyclic amines) is 1. The number of ketones is 1. The summed E-state index contributed by atoms with van der Waals surface area (Å²) in [5.41, 5.74) is 7.67. The third-order valence-corrected chi connectivity index (χ3v) is 7.17. The lowest BCUT2D eigenvalue weighted by Gasteiger charge is -2.32. The molecule has 36 heavy (non-hydrogen) atoms. The lowest BCUT2D eigenvalue weighted by molar-refractivity contribution is 0.0932. The van der Waals surface area contributed by atoms with Gasteiger partial charge in [0.2, 0.25) is 0 Å². The molecule has 3 N–H and O–H groups in total. The number of benzene rings is 2. The first-order valence-corrected chi connectivity index (χ1v) is 12.8. The maximum Gasteiger partial charge on any atom is 0.255 e. The highest BCUT2D eigenvalue weighted by molar-refractivity contribution is 6.33. The van der Waals surface area contributed by atoms with Gasteiger partial charge in [-0.1, -0.05) is 35.3 Å². The molecular formula is C27H33ClN4O4. The second-order valence-corrected chi connectivity index (χ2v) is 9.74. The van der Waals surface area contributed by atoms with Crippen molar-refractivity contribution in [2.45, 2.75) is 38.5 Å². The van der Waals surface area contributed by atoms with Crippen LogP contribution >= 0.6 is 11.6 Å². The molecule has 0 radical (unpaired) electrons. The molecule has 0 unspecified atom stereocenters. The predicted molar refractivity (Wildman–Crippen MR) is 141 cm³/mol. The highest BCUT2D eigenvalue weighted by Gasteiger charge is 2.21. The Hall–Kier alpha value is -3.10. The van der Waals surface area contributed by atoms with Crippen molar-refractivity contribution in [3.8, 4) is 5.75 Å². The van der Waals surface area contributed by atoms with Gasteiger partial charge in [-0.3, -0.25) is 9.59 Å². The van der Waals surface area contributed by atoms with Crippen molar-refractivity contribution in [3.63, 3.8) is 0 Å². The molecule has 0 bridgehead atoms. The van der Waals surface area contributed by atoms with Crippen LogP contribution < -0.4 is 15.8 Å². The van der Waals surface area contributed by atoms with Crippen LogP contribution in [0.3, 0.4) is 0 Å². The van der Waals surface area contributed by atoms with E-state index in [9.17, 15) is 9.59 Å². The average Bonchev–Trinajstić information content (AvgIpc) is 3.33. The second kappa shape index (κ2) is 12.2. The highest BCUT2D eigenvalue weighted by atomic mass is 35.5. The molecule has 0 spiro atoms. The smallest absolute Gasteiger partial charge is 0.255 e. The van der Waals surface area contributed by atoms with Crippen LogP contribution in [0.5, 0.6) is 5.75 Å². The molecule has 9 heteroatoms. The maximum atomic E-state index is 12.7. The number of fused-ring (bicyclic) bond motifs is 1. The summed E-state index contributed by atoms with van der Waals surface area (Å²) in [6, 6.07) is 10.6. The van der Waals surface area contributed by atoms with Crippen molar-refractivity contribution in [2.75, 3.05) is 39.0 Å². The molecule has 1 fully saturated rings. The number of carbonyl (C=O) groups is 2. The minimum absolute atomic E-state index is 0.0432. The number of nitrogens with zero attached hydrogens (tertiary/aromatic N) is 2. The molecule has 192 valence electrons. The number of hydrogen-bond acceptors (Lipinski definition) is 7. The Morgan fingerprint density at radius 1 is 1.19 bits per heavy atom. The Morgan fingerprint density at radius 3 is 2.75 bits per heavy atom. The van der Waals surface area contributed by atoms with Gasteiger partial charge in [0, 0.05) is 19.0 Å². The number of nitrogens with two attached hydrogens (primary N) is 1. The van der Waals surface area contributed by atoms with E-state index >= 15 is 0 Å². The number of halogens is 1. The lowest BCUT2D eigenvalue weighted by atomic mass is 9.96. The van der Waals surface area contributed by atoms with Crippen LogP contribution in [0.1, 0.15) is 59.4 Å². The zero-order chi connectivity index (χ0) is 25.5. The van der Waals surface area contributed by atoms with E-state index in [2.05, 4.69) is 15.4 Å². The molecule has 1 aliphatic heterocycles. The topological polar surface area (TPSA) is 111 Å². The number of hydrogen-bond donors (Lipinski definition) is 2. The third kappa shape index (κ3) is 6.36. The van der Waals surface area contributed by atoms with Crippen molar-refractivity contribution in [2.24, 2.45) is 5.92 Å². The number of piperidine rings is 1. The van der Waals surface area contributed by atoms with Crippen LogP contribution in [0.2, 0.25) is 5.02 Å². The van der Waals surface area contributed by atoms with Gasteiger partial charge in [-0.05, 0) is 69.4 Å². The molecule has 1 saturated heterocycles. The second-order valence-electron chi connectivity index (χ2n) is 9.33. The predicted octanol–water partition coefficient (Wildman–Crippen LogP) is 4.96. The number of Topliss-reactive ketones (excluding diaryl/α,β-unsaturated/α-hetero) is 1. The average molecular weight is 513 g/mol. The largest absolute Gasteiger partial charge is 0.496 e. The van der Waals surface area contributed by atoms with Crippen LogP contribution in [0.4, 0.5) is 5.69 Å². The zero-order valence-corrected chi connectivity index (χ0v) is 21.4. The van der Waals surface area contributed by atoms with Crippen molar-refractivity contribution < 1.29 is 18.8 Å². The van der Waals surface area contributed by atoms with Crippen LogP contribution in [0.15, 0.2) is 40.9 Å². The van der Waals surface area contributed by atoms with Crippen LogP contribution in [0.25, 0.3) is 11.0 Å². The van der Waals surface area contributed by atoms with Crippen molar-refractivity contribution in [3.05, 3.63) is 52.7 Å². The van der Waals surface area contributed by atoms with Gasteiger partial charge < -0.3 is 25.2 Å². The summed E-state index contributed by atoms with van der Waals surface area (Å²) in [4.78, 5) is 27.6. The molecule has 0 saturated carbocycles. The van der Waals surface area contributed by atoms with Gasteiger partial charge in [-0.2, -0.15) is 0 Å². The van der Waals surface area contributed by atoms with Gasteiger partial charge in [0.25, 0.3) is 5.91 Å². The SMILES string of the molecule is COc1cc(N)c(Cl)cc1C(=O)NCC1CCN(CCCCCC(=O)c2noc3ccccc23)CC1. The number of nitrogen functional groups attached to an aromatic ring is 1. The highest BCUT2D eigenvalue weighted by Crippen LogP contribution is 2.29. The molecule has 3 aromatic rings. The normalized spacial score (nSPS) is 14.7. The minimum atomic E-state index is -0.204. The standard InChI is InChI=1S/C27H33ClN4O4/c1-35-25-16-22(29)21(28)15-20(25)27(34)30-17-18-10-13-32(14-11-18)12-6-2-3-8-23(33)26-19-7-4-5-9-24(19)36-31-26/h4-5,7,9,15-16,18H,2-3,6,8,10-14,17,29H2,1H3,(H,30,34). The first-order chi connectivity index (χ1) is 17.5. The van der Waals surface area contributed by atoms with Crippen molar-refractivity contribution in [1.82, 2.24) is 15.4 Å². The molecule has 1 aliphatic rings. The number of amides is 1. The molecule has 1 aromatic heterocycles. The molecule has 4 rings (SSSR count). The van der Waals surface area contributed by atoms with Crippen molar-refractivity contribution >= 4 is 39.9 Å². The summed E-state index contributed by atoms with van der Waals surface area (Å²) in [6.07, 6.45) is 5.48. The number of para-hydroxylation sites is 1. The fourth-order valence-corrected chi connectivity index (χ4v) is 4.83. The molecule has 1 amide bonds. The number of carbonyl (C=O) groups excluding carboxylic acids is 2. The Kier molecular flexibility index (Phi) is 8.83. The number of unbranched alkanes of at least 4 members (excludes halogenated alkanes) is 2. The van der Waals surface area contributed by atoms with Gasteiger partial charge in [0.15, 0.2) is 17.1 Å². The summed E-state index contributed by atoms with van der Waals surface area (Å²) in [5, 5.41) is 8.10. The Labute approximate surface area is 216 Å². The van der Waals surface area contributed by atoms with Crippen molar-refractivity contribution in [1.29, 1.82) is 0 Å². The van der Waals surface area contributed by atoms with Crippen LogP contribution in [-0.4, -0.2) is 55.0 Å². The van der Waals surface area contributed by atoms with Crippen LogP contribution in [-0.2, 0) is 0 Å². The summed E-state index contributed by atoms with van der Waals surface area (Å²) in [5.74, 6) is 0.696. The summed E-state index contributed by atoms with van der Waals surface area (Å²) < 4.78 is 10.5. The van der Waals surface area contributed by atoms with E-state index in [4.69, 9.17) is 26.6 Å². The first kappa shape index (κ1) is 26.0. The Balaban J connectivity index is 1.12. The van der Waals surface area contributed by atoms with E-state index in [0.717, 1.165) is 57.1 Å². The lowest BCUT2D eigenvalue weighted by Crippen LogP contribution is -2.39. The summed E-state index contributed by atoms with van der Waals surface area (Å²) in [7, 11) is 1.51. The molecule has 8 nitrogen and oxygen atoms in total. The maximum absolute atomic E-state index is 12.7. The fourth-order valence-electron chi connectivity index (χ4n) is 4.66. The summed E-state index contributed by atoms with van der Waals surface area (Å²) in [6.45, 7) is 3.68. The van der Waals surface area contributed by atoms with E-state index in [1.807, 2.05) is 24.3 Å². The van der Waals surface area contributed by atoms with E-state index < -0.39 is 0 Å². The van der Waals surface area contributed by atoms with Crippen LogP contribution in [0, 0.1) is 5.92 Å². The first-order valence-electron chi connectivity index (χ1n) is 12.5. The zero-order valence-electron chi connectivity index (χ0n) is 20.6. The van der Waals surface area contributed by atoms with Gasteiger partial charge in [-0.15, -0.1) is 0 Å². The molecular weight excluding hydrogens is 480 g/mol.